The van der Waals surface area contributed by atoms with Gasteiger partial charge in [-0.25, -0.2) is 0 Å². The van der Waals surface area contributed by atoms with Crippen molar-refractivity contribution < 1.29 is 9.53 Å². The Hall–Kier alpha value is -0.370. The summed E-state index contributed by atoms with van der Waals surface area (Å²) in [5, 5.41) is 0. The van der Waals surface area contributed by atoms with Gasteiger partial charge in [-0.05, 0) is 25.7 Å². The molecule has 64 valence electrons. The van der Waals surface area contributed by atoms with E-state index >= 15 is 0 Å². The van der Waals surface area contributed by atoms with Crippen LogP contribution in [0.25, 0.3) is 0 Å². The van der Waals surface area contributed by atoms with Gasteiger partial charge >= 0.3 is 0 Å². The topological polar surface area (TPSA) is 26.3 Å². The second kappa shape index (κ2) is 3.86. The number of ether oxygens (including phenoxy) is 1. The third-order valence-corrected chi connectivity index (χ3v) is 2.28. The highest BCUT2D eigenvalue weighted by atomic mass is 16.5. The summed E-state index contributed by atoms with van der Waals surface area (Å²) in [5.74, 6) is 0.776. The van der Waals surface area contributed by atoms with Crippen LogP contribution in [-0.2, 0) is 9.53 Å². The van der Waals surface area contributed by atoms with E-state index in [4.69, 9.17) is 4.74 Å². The van der Waals surface area contributed by atoms with Crippen LogP contribution < -0.4 is 0 Å². The van der Waals surface area contributed by atoms with Crippen molar-refractivity contribution >= 4 is 5.78 Å². The summed E-state index contributed by atoms with van der Waals surface area (Å²) < 4.78 is 5.43. The molecule has 2 heteroatoms. The molecule has 0 aliphatic heterocycles. The number of hydrogen-bond donors (Lipinski definition) is 0. The van der Waals surface area contributed by atoms with Gasteiger partial charge in [0.2, 0.25) is 0 Å². The molecule has 0 spiro atoms. The first-order valence-electron chi connectivity index (χ1n) is 4.31. The van der Waals surface area contributed by atoms with Crippen LogP contribution >= 0.6 is 0 Å². The van der Waals surface area contributed by atoms with Gasteiger partial charge in [0.1, 0.15) is 6.61 Å². The molecule has 0 unspecified atom stereocenters. The average molecular weight is 156 g/mol. The van der Waals surface area contributed by atoms with Crippen molar-refractivity contribution in [1.29, 1.82) is 0 Å². The summed E-state index contributed by atoms with van der Waals surface area (Å²) in [5.41, 5.74) is 0. The molecule has 11 heavy (non-hydrogen) atoms. The highest BCUT2D eigenvalue weighted by molar-refractivity contribution is 5.76. The predicted octanol–water partition coefficient (Wildman–Crippen LogP) is 1.78. The van der Waals surface area contributed by atoms with Gasteiger partial charge in [-0.1, -0.05) is 13.3 Å². The Balaban J connectivity index is 2.20. The minimum absolute atomic E-state index is 0.129. The molecule has 0 saturated heterocycles. The standard InChI is InChI=1S/C9H16O2/c1-7-4-3-5-9(7)11-6-8(2)10/h7,9H,3-6H2,1-2H3/t7-,9-/m0/s1. The van der Waals surface area contributed by atoms with Crippen molar-refractivity contribution in [3.8, 4) is 0 Å². The molecule has 0 aromatic carbocycles. The molecule has 0 bridgehead atoms. The number of hydrogen-bond acceptors (Lipinski definition) is 2. The van der Waals surface area contributed by atoms with Crippen LogP contribution in [-0.4, -0.2) is 18.5 Å². The van der Waals surface area contributed by atoms with E-state index in [1.807, 2.05) is 0 Å². The van der Waals surface area contributed by atoms with E-state index in [1.165, 1.54) is 12.8 Å². The maximum Gasteiger partial charge on any atom is 0.155 e. The van der Waals surface area contributed by atoms with Gasteiger partial charge < -0.3 is 4.74 Å². The van der Waals surface area contributed by atoms with Crippen LogP contribution in [0, 0.1) is 5.92 Å². The smallest absolute Gasteiger partial charge is 0.155 e. The van der Waals surface area contributed by atoms with Crippen molar-refractivity contribution in [2.45, 2.75) is 39.2 Å². The summed E-state index contributed by atoms with van der Waals surface area (Å²) in [6.07, 6.45) is 3.99. The molecule has 0 radical (unpaired) electrons. The van der Waals surface area contributed by atoms with E-state index < -0.39 is 0 Å². The lowest BCUT2D eigenvalue weighted by Crippen LogP contribution is -2.19. The molecule has 0 heterocycles. The quantitative estimate of drug-likeness (QED) is 0.622. The third-order valence-electron chi connectivity index (χ3n) is 2.28. The predicted molar refractivity (Wildman–Crippen MR) is 43.4 cm³/mol. The third kappa shape index (κ3) is 2.62. The maximum absolute atomic E-state index is 10.6. The van der Waals surface area contributed by atoms with Crippen molar-refractivity contribution in [3.05, 3.63) is 0 Å². The van der Waals surface area contributed by atoms with Gasteiger partial charge in [-0.3, -0.25) is 4.79 Å². The van der Waals surface area contributed by atoms with Gasteiger partial charge in [-0.15, -0.1) is 0 Å². The molecule has 1 aliphatic carbocycles. The number of carbonyl (C=O) groups excluding carboxylic acids is 1. The molecule has 0 N–H and O–H groups in total. The maximum atomic E-state index is 10.6. The second-order valence-electron chi connectivity index (χ2n) is 3.46. The molecule has 0 aromatic heterocycles. The summed E-state index contributed by atoms with van der Waals surface area (Å²) in [7, 11) is 0. The van der Waals surface area contributed by atoms with E-state index in [-0.39, 0.29) is 5.78 Å². The van der Waals surface area contributed by atoms with Gasteiger partial charge in [0.15, 0.2) is 5.78 Å². The van der Waals surface area contributed by atoms with Crippen molar-refractivity contribution in [1.82, 2.24) is 0 Å². The number of ketones is 1. The van der Waals surface area contributed by atoms with Crippen molar-refractivity contribution in [2.24, 2.45) is 5.92 Å². The zero-order valence-corrected chi connectivity index (χ0v) is 7.30. The molecule has 1 saturated carbocycles. The van der Waals surface area contributed by atoms with Gasteiger partial charge in [0.05, 0.1) is 6.10 Å². The zero-order chi connectivity index (χ0) is 8.27. The lowest BCUT2D eigenvalue weighted by Gasteiger charge is -2.14. The monoisotopic (exact) mass is 156 g/mol. The molecule has 0 aromatic rings. The Labute approximate surface area is 67.9 Å². The van der Waals surface area contributed by atoms with E-state index in [9.17, 15) is 4.79 Å². The van der Waals surface area contributed by atoms with Crippen LogP contribution in [0.15, 0.2) is 0 Å². The molecular formula is C9H16O2. The van der Waals surface area contributed by atoms with E-state index in [1.54, 1.807) is 6.92 Å². The Morgan fingerprint density at radius 1 is 1.55 bits per heavy atom. The fourth-order valence-electron chi connectivity index (χ4n) is 1.58. The van der Waals surface area contributed by atoms with Crippen molar-refractivity contribution in [2.75, 3.05) is 6.61 Å². The SMILES string of the molecule is CC(=O)CO[C@H]1CCC[C@@H]1C. The van der Waals surface area contributed by atoms with Crippen LogP contribution in [0.3, 0.4) is 0 Å². The van der Waals surface area contributed by atoms with E-state index in [0.717, 1.165) is 6.42 Å². The molecular weight excluding hydrogens is 140 g/mol. The first kappa shape index (κ1) is 8.72. The molecule has 1 aliphatic rings. The summed E-state index contributed by atoms with van der Waals surface area (Å²) in [6.45, 7) is 4.06. The van der Waals surface area contributed by atoms with E-state index in [2.05, 4.69) is 6.92 Å². The minimum Gasteiger partial charge on any atom is -0.370 e. The van der Waals surface area contributed by atoms with Gasteiger partial charge in [-0.2, -0.15) is 0 Å². The van der Waals surface area contributed by atoms with Crippen LogP contribution in [0.1, 0.15) is 33.1 Å². The number of carbonyl (C=O) groups is 1. The molecule has 1 fully saturated rings. The molecule has 0 amide bonds. The Kier molecular flexibility index (Phi) is 3.06. The largest absolute Gasteiger partial charge is 0.370 e. The second-order valence-corrected chi connectivity index (χ2v) is 3.46. The van der Waals surface area contributed by atoms with Crippen LogP contribution in [0.2, 0.25) is 0 Å². The van der Waals surface area contributed by atoms with Crippen LogP contribution in [0.5, 0.6) is 0 Å². The Morgan fingerprint density at radius 3 is 2.73 bits per heavy atom. The Morgan fingerprint density at radius 2 is 2.27 bits per heavy atom. The van der Waals surface area contributed by atoms with Gasteiger partial charge in [0.25, 0.3) is 0 Å². The average Bonchev–Trinajstić information content (AvgIpc) is 2.31. The van der Waals surface area contributed by atoms with Gasteiger partial charge in [0, 0.05) is 0 Å². The molecule has 1 rings (SSSR count). The minimum atomic E-state index is 0.129. The number of rotatable bonds is 3. The summed E-state index contributed by atoms with van der Waals surface area (Å²) in [4.78, 5) is 10.6. The normalized spacial score (nSPS) is 30.7. The highest BCUT2D eigenvalue weighted by Gasteiger charge is 2.23. The summed E-state index contributed by atoms with van der Waals surface area (Å²) in [6, 6.07) is 0. The highest BCUT2D eigenvalue weighted by Crippen LogP contribution is 2.27. The van der Waals surface area contributed by atoms with Crippen LogP contribution in [0.4, 0.5) is 0 Å². The Bertz CT molecular complexity index is 142. The van der Waals surface area contributed by atoms with E-state index in [0.29, 0.717) is 18.6 Å². The lowest BCUT2D eigenvalue weighted by molar-refractivity contribution is -0.124. The lowest BCUT2D eigenvalue weighted by atomic mass is 10.1. The first-order chi connectivity index (χ1) is 5.20. The molecule has 2 nitrogen and oxygen atoms in total. The summed E-state index contributed by atoms with van der Waals surface area (Å²) >= 11 is 0. The zero-order valence-electron chi connectivity index (χ0n) is 7.30. The molecule has 2 atom stereocenters. The first-order valence-corrected chi connectivity index (χ1v) is 4.31. The fraction of sp³-hybridized carbons (Fsp3) is 0.889. The fourth-order valence-corrected chi connectivity index (χ4v) is 1.58. The van der Waals surface area contributed by atoms with Crippen molar-refractivity contribution in [3.63, 3.8) is 0 Å². The number of Topliss-reactive ketones (excluding diaryl/α,β-unsaturated/α-hetero) is 1.